The van der Waals surface area contributed by atoms with E-state index in [4.69, 9.17) is 9.47 Å². The number of ether oxygens (including phenoxy) is 2. The highest BCUT2D eigenvalue weighted by atomic mass is 16.6. The van der Waals surface area contributed by atoms with Crippen molar-refractivity contribution in [3.63, 3.8) is 0 Å². The van der Waals surface area contributed by atoms with Crippen molar-refractivity contribution in [2.45, 2.75) is 51.1 Å². The van der Waals surface area contributed by atoms with Crippen molar-refractivity contribution in [2.75, 3.05) is 19.5 Å². The van der Waals surface area contributed by atoms with Gasteiger partial charge in [-0.2, -0.15) is 0 Å². The smallest absolute Gasteiger partial charge is 0.310 e. The molecule has 1 aromatic carbocycles. The maximum absolute atomic E-state index is 12.7. The van der Waals surface area contributed by atoms with E-state index in [1.807, 2.05) is 0 Å². The fourth-order valence-electron chi connectivity index (χ4n) is 3.49. The predicted molar refractivity (Wildman–Crippen MR) is 103 cm³/mol. The molecule has 0 bridgehead atoms. The maximum Gasteiger partial charge on any atom is 0.310 e. The zero-order valence-corrected chi connectivity index (χ0v) is 16.4. The highest BCUT2D eigenvalue weighted by Gasteiger charge is 2.32. The van der Waals surface area contributed by atoms with Gasteiger partial charge in [0, 0.05) is 18.2 Å². The van der Waals surface area contributed by atoms with E-state index in [0.29, 0.717) is 5.75 Å². The summed E-state index contributed by atoms with van der Waals surface area (Å²) in [7, 11) is 2.79. The van der Waals surface area contributed by atoms with Gasteiger partial charge in [-0.25, -0.2) is 0 Å². The van der Waals surface area contributed by atoms with Crippen LogP contribution in [0.1, 0.15) is 39.0 Å². The normalized spacial score (nSPS) is 20.5. The van der Waals surface area contributed by atoms with Crippen LogP contribution in [0.4, 0.5) is 11.4 Å². The number of nitro benzene ring substituents is 1. The van der Waals surface area contributed by atoms with Crippen LogP contribution >= 0.6 is 0 Å². The van der Waals surface area contributed by atoms with Crippen molar-refractivity contribution >= 4 is 23.3 Å². The van der Waals surface area contributed by atoms with Gasteiger partial charge >= 0.3 is 5.97 Å². The Morgan fingerprint density at radius 2 is 1.93 bits per heavy atom. The van der Waals surface area contributed by atoms with Gasteiger partial charge in [-0.05, 0) is 25.8 Å². The third kappa shape index (κ3) is 5.41. The molecule has 1 amide bonds. The molecule has 3 unspecified atom stereocenters. The van der Waals surface area contributed by atoms with Gasteiger partial charge < -0.3 is 20.1 Å². The predicted octanol–water partition coefficient (Wildman–Crippen LogP) is 2.64. The lowest BCUT2D eigenvalue weighted by Crippen LogP contribution is -2.48. The molecule has 1 fully saturated rings. The number of hydrogen-bond acceptors (Lipinski definition) is 7. The first-order valence-electron chi connectivity index (χ1n) is 9.34. The van der Waals surface area contributed by atoms with E-state index in [9.17, 15) is 19.7 Å². The molecule has 9 heteroatoms. The van der Waals surface area contributed by atoms with Crippen LogP contribution < -0.4 is 15.4 Å². The van der Waals surface area contributed by atoms with Gasteiger partial charge in [-0.1, -0.05) is 19.3 Å². The summed E-state index contributed by atoms with van der Waals surface area (Å²) in [5.74, 6) is -0.609. The van der Waals surface area contributed by atoms with Crippen molar-refractivity contribution in [1.29, 1.82) is 0 Å². The van der Waals surface area contributed by atoms with Crippen molar-refractivity contribution in [3.8, 4) is 5.75 Å². The quantitative estimate of drug-likeness (QED) is 0.316. The largest absolute Gasteiger partial charge is 0.495 e. The van der Waals surface area contributed by atoms with Crippen LogP contribution in [0.3, 0.4) is 0 Å². The van der Waals surface area contributed by atoms with E-state index in [0.717, 1.165) is 32.1 Å². The molecule has 0 heterocycles. The summed E-state index contributed by atoms with van der Waals surface area (Å²) in [4.78, 5) is 35.2. The molecule has 1 saturated carbocycles. The van der Waals surface area contributed by atoms with E-state index in [2.05, 4.69) is 10.6 Å². The Morgan fingerprint density at radius 3 is 2.57 bits per heavy atom. The molecule has 2 rings (SSSR count). The van der Waals surface area contributed by atoms with Gasteiger partial charge in [0.15, 0.2) is 0 Å². The van der Waals surface area contributed by atoms with Crippen LogP contribution in [-0.4, -0.2) is 43.1 Å². The van der Waals surface area contributed by atoms with Gasteiger partial charge in [0.2, 0.25) is 5.91 Å². The number of esters is 1. The summed E-state index contributed by atoms with van der Waals surface area (Å²) in [5.41, 5.74) is 0.0759. The average Bonchev–Trinajstić information content (AvgIpc) is 2.92. The summed E-state index contributed by atoms with van der Waals surface area (Å²) >= 11 is 0. The Labute approximate surface area is 163 Å². The SMILES string of the molecule is COC(=O)C1CCCCCC1NC(C)C(=O)Nc1cc([N+](=O)[O-])ccc1OC. The lowest BCUT2D eigenvalue weighted by molar-refractivity contribution is -0.384. The summed E-state index contributed by atoms with van der Waals surface area (Å²) < 4.78 is 10.1. The Morgan fingerprint density at radius 1 is 1.21 bits per heavy atom. The van der Waals surface area contributed by atoms with Crippen LogP contribution in [0.25, 0.3) is 0 Å². The number of nitrogens with zero attached hydrogens (tertiary/aromatic N) is 1. The topological polar surface area (TPSA) is 120 Å². The van der Waals surface area contributed by atoms with Gasteiger partial charge in [0.25, 0.3) is 5.69 Å². The minimum Gasteiger partial charge on any atom is -0.495 e. The van der Waals surface area contributed by atoms with E-state index in [-0.39, 0.29) is 35.2 Å². The van der Waals surface area contributed by atoms with E-state index in [1.54, 1.807) is 6.92 Å². The third-order valence-electron chi connectivity index (χ3n) is 5.03. The Kier molecular flexibility index (Phi) is 7.74. The number of nitrogens with one attached hydrogen (secondary N) is 2. The van der Waals surface area contributed by atoms with E-state index in [1.165, 1.54) is 32.4 Å². The van der Waals surface area contributed by atoms with E-state index >= 15 is 0 Å². The molecule has 0 aromatic heterocycles. The first-order chi connectivity index (χ1) is 13.4. The third-order valence-corrected chi connectivity index (χ3v) is 5.03. The summed E-state index contributed by atoms with van der Waals surface area (Å²) in [6, 6.07) is 3.22. The average molecular weight is 393 g/mol. The second-order valence-electron chi connectivity index (χ2n) is 6.89. The van der Waals surface area contributed by atoms with Gasteiger partial charge in [0.05, 0.1) is 36.8 Å². The van der Waals surface area contributed by atoms with Crippen LogP contribution in [-0.2, 0) is 14.3 Å². The molecule has 3 atom stereocenters. The molecule has 1 aromatic rings. The number of non-ortho nitro benzene ring substituents is 1. The number of rotatable bonds is 7. The molecule has 0 aliphatic heterocycles. The number of anilines is 1. The van der Waals surface area contributed by atoms with Crippen LogP contribution in [0.15, 0.2) is 18.2 Å². The minimum absolute atomic E-state index is 0.147. The molecule has 154 valence electrons. The van der Waals surface area contributed by atoms with Crippen molar-refractivity contribution in [2.24, 2.45) is 5.92 Å². The monoisotopic (exact) mass is 393 g/mol. The summed E-state index contributed by atoms with van der Waals surface area (Å²) in [5, 5.41) is 16.9. The van der Waals surface area contributed by atoms with E-state index < -0.39 is 11.0 Å². The van der Waals surface area contributed by atoms with Gasteiger partial charge in [0.1, 0.15) is 5.75 Å². The number of benzene rings is 1. The molecule has 9 nitrogen and oxygen atoms in total. The molecule has 0 radical (unpaired) electrons. The molecule has 0 saturated heterocycles. The van der Waals surface area contributed by atoms with Crippen molar-refractivity contribution in [3.05, 3.63) is 28.3 Å². The molecular weight excluding hydrogens is 366 g/mol. The van der Waals surface area contributed by atoms with Gasteiger partial charge in [-0.3, -0.25) is 19.7 Å². The van der Waals surface area contributed by atoms with Crippen LogP contribution in [0.5, 0.6) is 5.75 Å². The minimum atomic E-state index is -0.612. The fraction of sp³-hybridized carbons (Fsp3) is 0.579. The second kappa shape index (κ2) is 10.0. The Balaban J connectivity index is 2.10. The zero-order chi connectivity index (χ0) is 20.7. The molecule has 2 N–H and O–H groups in total. The molecule has 1 aliphatic rings. The number of carbonyl (C=O) groups excluding carboxylic acids is 2. The highest BCUT2D eigenvalue weighted by Crippen LogP contribution is 2.29. The number of amides is 1. The lowest BCUT2D eigenvalue weighted by Gasteiger charge is -2.27. The van der Waals surface area contributed by atoms with Crippen molar-refractivity contribution < 1.29 is 24.0 Å². The first-order valence-corrected chi connectivity index (χ1v) is 9.34. The molecular formula is C19H27N3O6. The Bertz CT molecular complexity index is 724. The van der Waals surface area contributed by atoms with Crippen LogP contribution in [0, 0.1) is 16.0 Å². The van der Waals surface area contributed by atoms with Crippen molar-refractivity contribution in [1.82, 2.24) is 5.32 Å². The number of nitro groups is 1. The fourth-order valence-corrected chi connectivity index (χ4v) is 3.49. The molecule has 28 heavy (non-hydrogen) atoms. The number of carbonyl (C=O) groups is 2. The lowest BCUT2D eigenvalue weighted by atomic mass is 9.94. The van der Waals surface area contributed by atoms with Crippen LogP contribution in [0.2, 0.25) is 0 Å². The standard InChI is InChI=1S/C19H27N3O6/c1-12(20-15-8-6-4-5-7-14(15)19(24)28-3)18(23)21-16-11-13(22(25)26)9-10-17(16)27-2/h9-12,14-15,20H,4-8H2,1-3H3,(H,21,23). The number of methoxy groups -OCH3 is 2. The maximum atomic E-state index is 12.7. The van der Waals surface area contributed by atoms with Gasteiger partial charge in [-0.15, -0.1) is 0 Å². The summed E-state index contributed by atoms with van der Waals surface area (Å²) in [6.45, 7) is 1.69. The molecule has 0 spiro atoms. The summed E-state index contributed by atoms with van der Waals surface area (Å²) in [6.07, 6.45) is 4.45. The number of hydrogen-bond donors (Lipinski definition) is 2. The second-order valence-corrected chi connectivity index (χ2v) is 6.89. The molecule has 1 aliphatic carbocycles. The Hall–Kier alpha value is -2.68. The first kappa shape index (κ1) is 21.6. The highest BCUT2D eigenvalue weighted by molar-refractivity contribution is 5.96. The zero-order valence-electron chi connectivity index (χ0n) is 16.4.